The summed E-state index contributed by atoms with van der Waals surface area (Å²) in [7, 11) is 3.94. The summed E-state index contributed by atoms with van der Waals surface area (Å²) in [6.07, 6.45) is 10.1. The van der Waals surface area contributed by atoms with Crippen molar-refractivity contribution in [2.75, 3.05) is 19.0 Å². The van der Waals surface area contributed by atoms with E-state index in [9.17, 15) is 9.59 Å². The first kappa shape index (κ1) is 21.7. The number of Topliss-reactive ketones (excluding diaryl/α,β-unsaturated/α-hetero) is 1. The van der Waals surface area contributed by atoms with Crippen molar-refractivity contribution in [2.45, 2.75) is 71.6 Å². The van der Waals surface area contributed by atoms with Crippen molar-refractivity contribution in [3.8, 4) is 0 Å². The van der Waals surface area contributed by atoms with Crippen LogP contribution in [0.1, 0.15) is 82.0 Å². The monoisotopic (exact) mass is 435 g/mol. The van der Waals surface area contributed by atoms with Gasteiger partial charge in [0, 0.05) is 26.2 Å². The minimum absolute atomic E-state index is 0.00879. The smallest absolute Gasteiger partial charge is 0.343 e. The van der Waals surface area contributed by atoms with Crippen molar-refractivity contribution in [3.63, 3.8) is 0 Å². The lowest BCUT2D eigenvalue weighted by Gasteiger charge is -2.57. The number of fused-ring (bicyclic) bond motifs is 5. The van der Waals surface area contributed by atoms with E-state index in [0.29, 0.717) is 29.1 Å². The van der Waals surface area contributed by atoms with E-state index in [1.807, 2.05) is 31.1 Å². The largest absolute Gasteiger partial charge is 0.419 e. The summed E-state index contributed by atoms with van der Waals surface area (Å²) in [6, 6.07) is 7.39. The summed E-state index contributed by atoms with van der Waals surface area (Å²) in [4.78, 5) is 27.9. The average Bonchev–Trinajstić information content (AvgIpc) is 3.18. The number of allylic oxidation sites excluding steroid dienone is 1. The molecule has 1 aromatic rings. The highest BCUT2D eigenvalue weighted by atomic mass is 16.5. The van der Waals surface area contributed by atoms with E-state index in [1.165, 1.54) is 32.1 Å². The minimum atomic E-state index is -0.412. The number of ether oxygens (including phenoxy) is 1. The molecule has 4 nitrogen and oxygen atoms in total. The van der Waals surface area contributed by atoms with E-state index >= 15 is 0 Å². The van der Waals surface area contributed by atoms with Crippen LogP contribution in [0.15, 0.2) is 35.6 Å². The number of esters is 1. The van der Waals surface area contributed by atoms with Crippen LogP contribution in [0.5, 0.6) is 0 Å². The van der Waals surface area contributed by atoms with Gasteiger partial charge in [-0.15, -0.1) is 0 Å². The summed E-state index contributed by atoms with van der Waals surface area (Å²) in [6.45, 7) is 4.89. The first-order valence-corrected chi connectivity index (χ1v) is 12.5. The van der Waals surface area contributed by atoms with E-state index in [-0.39, 0.29) is 11.2 Å². The van der Waals surface area contributed by atoms with Gasteiger partial charge in [0.15, 0.2) is 11.5 Å². The molecule has 0 heterocycles. The van der Waals surface area contributed by atoms with E-state index < -0.39 is 5.97 Å². The van der Waals surface area contributed by atoms with Gasteiger partial charge in [-0.25, -0.2) is 4.79 Å². The summed E-state index contributed by atoms with van der Waals surface area (Å²) < 4.78 is 5.89. The summed E-state index contributed by atoms with van der Waals surface area (Å²) in [5.74, 6) is 2.18. The molecular formula is C28H37NO3. The predicted octanol–water partition coefficient (Wildman–Crippen LogP) is 6.16. The van der Waals surface area contributed by atoms with Crippen molar-refractivity contribution >= 4 is 17.4 Å². The Balaban J connectivity index is 1.43. The van der Waals surface area contributed by atoms with Gasteiger partial charge in [0.2, 0.25) is 0 Å². The molecule has 3 saturated carbocycles. The molecule has 0 aliphatic heterocycles. The second kappa shape index (κ2) is 7.74. The number of hydrogen-bond acceptors (Lipinski definition) is 4. The molecule has 3 fully saturated rings. The van der Waals surface area contributed by atoms with Crippen LogP contribution in [-0.4, -0.2) is 25.8 Å². The zero-order valence-corrected chi connectivity index (χ0v) is 20.1. The predicted molar refractivity (Wildman–Crippen MR) is 126 cm³/mol. The Kier molecular flexibility index (Phi) is 5.26. The van der Waals surface area contributed by atoms with Crippen molar-refractivity contribution in [3.05, 3.63) is 41.2 Å². The first-order valence-electron chi connectivity index (χ1n) is 12.5. The zero-order valence-electron chi connectivity index (χ0n) is 20.1. The normalized spacial score (nSPS) is 36.2. The molecule has 32 heavy (non-hydrogen) atoms. The second-order valence-corrected chi connectivity index (χ2v) is 11.5. The third-order valence-corrected chi connectivity index (χ3v) is 9.67. The van der Waals surface area contributed by atoms with E-state index in [1.54, 1.807) is 12.1 Å². The summed E-state index contributed by atoms with van der Waals surface area (Å²) in [5, 5.41) is 0. The number of hydrogen-bond donors (Lipinski definition) is 0. The number of ketones is 1. The molecule has 0 aromatic heterocycles. The lowest BCUT2D eigenvalue weighted by Crippen LogP contribution is -2.50. The van der Waals surface area contributed by atoms with Gasteiger partial charge < -0.3 is 9.64 Å². The molecule has 5 atom stereocenters. The van der Waals surface area contributed by atoms with Gasteiger partial charge in [-0.1, -0.05) is 20.3 Å². The highest BCUT2D eigenvalue weighted by Crippen LogP contribution is 2.65. The Morgan fingerprint density at radius 2 is 1.72 bits per heavy atom. The van der Waals surface area contributed by atoms with Gasteiger partial charge >= 0.3 is 5.97 Å². The Labute approximate surface area is 192 Å². The molecule has 172 valence electrons. The van der Waals surface area contributed by atoms with Crippen LogP contribution in [0.2, 0.25) is 0 Å². The SMILES string of the molecule is CN(C)c1ccc(C(=O)OC2=C3CC[C@@H]4[C@@H](CC[C@]5(C)CCC[C@@H]45)[C@@]3(C)CCC2=O)cc1. The fraction of sp³-hybridized carbons (Fsp3) is 0.643. The quantitative estimate of drug-likeness (QED) is 0.534. The Bertz CT molecular complexity index is 961. The van der Waals surface area contributed by atoms with Gasteiger partial charge in [0.25, 0.3) is 0 Å². The molecule has 0 N–H and O–H groups in total. The van der Waals surface area contributed by atoms with Crippen LogP contribution in [0.3, 0.4) is 0 Å². The lowest BCUT2D eigenvalue weighted by molar-refractivity contribution is -0.122. The van der Waals surface area contributed by atoms with E-state index in [2.05, 4.69) is 13.8 Å². The third-order valence-electron chi connectivity index (χ3n) is 9.67. The molecule has 0 amide bonds. The third kappa shape index (κ3) is 3.33. The zero-order chi connectivity index (χ0) is 22.7. The standard InChI is InChI=1S/C28H37NO3/c1-27-15-5-6-21(27)20-11-12-23-25(24(30)14-17-28(23,2)22(20)13-16-27)32-26(31)18-7-9-19(10-8-18)29(3)4/h7-10,20-22H,5-6,11-17H2,1-4H3/t20-,21-,22+,27-,28+/m0/s1. The molecule has 1 aromatic carbocycles. The molecule has 4 aliphatic carbocycles. The van der Waals surface area contributed by atoms with Gasteiger partial charge in [0.05, 0.1) is 5.56 Å². The van der Waals surface area contributed by atoms with Crippen molar-refractivity contribution in [1.82, 2.24) is 0 Å². The Hall–Kier alpha value is -2.10. The molecule has 4 heteroatoms. The molecule has 0 radical (unpaired) electrons. The number of rotatable bonds is 3. The van der Waals surface area contributed by atoms with Gasteiger partial charge in [-0.05, 0) is 103 Å². The van der Waals surface area contributed by atoms with Gasteiger partial charge in [0.1, 0.15) is 0 Å². The molecule has 0 saturated heterocycles. The van der Waals surface area contributed by atoms with Crippen LogP contribution >= 0.6 is 0 Å². The highest BCUT2D eigenvalue weighted by molar-refractivity contribution is 6.00. The van der Waals surface area contributed by atoms with Crippen LogP contribution < -0.4 is 4.90 Å². The number of benzene rings is 1. The topological polar surface area (TPSA) is 46.6 Å². The molecule has 0 unspecified atom stereocenters. The van der Waals surface area contributed by atoms with Crippen molar-refractivity contribution in [2.24, 2.45) is 28.6 Å². The molecular weight excluding hydrogens is 398 g/mol. The highest BCUT2D eigenvalue weighted by Gasteiger charge is 2.57. The Morgan fingerprint density at radius 1 is 0.969 bits per heavy atom. The van der Waals surface area contributed by atoms with Crippen LogP contribution in [0.4, 0.5) is 5.69 Å². The average molecular weight is 436 g/mol. The number of anilines is 1. The maximum absolute atomic E-state index is 13.0. The summed E-state index contributed by atoms with van der Waals surface area (Å²) >= 11 is 0. The van der Waals surface area contributed by atoms with E-state index in [4.69, 9.17) is 4.74 Å². The van der Waals surface area contributed by atoms with Crippen molar-refractivity contribution < 1.29 is 14.3 Å². The van der Waals surface area contributed by atoms with Crippen molar-refractivity contribution in [1.29, 1.82) is 0 Å². The fourth-order valence-electron chi connectivity index (χ4n) is 7.82. The van der Waals surface area contributed by atoms with Crippen LogP contribution in [0.25, 0.3) is 0 Å². The summed E-state index contributed by atoms with van der Waals surface area (Å²) in [5.41, 5.74) is 3.17. The number of carbonyl (C=O) groups is 2. The maximum Gasteiger partial charge on any atom is 0.343 e. The number of nitrogens with zero attached hydrogens (tertiary/aromatic N) is 1. The number of carbonyl (C=O) groups excluding carboxylic acids is 2. The minimum Gasteiger partial charge on any atom is -0.419 e. The Morgan fingerprint density at radius 3 is 2.44 bits per heavy atom. The lowest BCUT2D eigenvalue weighted by atomic mass is 9.47. The van der Waals surface area contributed by atoms with Gasteiger partial charge in [-0.3, -0.25) is 4.79 Å². The van der Waals surface area contributed by atoms with Crippen LogP contribution in [0, 0.1) is 28.6 Å². The van der Waals surface area contributed by atoms with Crippen LogP contribution in [-0.2, 0) is 9.53 Å². The molecule has 5 rings (SSSR count). The maximum atomic E-state index is 13.0. The first-order chi connectivity index (χ1) is 15.2. The molecule has 0 bridgehead atoms. The molecule has 4 aliphatic rings. The second-order valence-electron chi connectivity index (χ2n) is 11.5. The van der Waals surface area contributed by atoms with Gasteiger partial charge in [-0.2, -0.15) is 0 Å². The fourth-order valence-corrected chi connectivity index (χ4v) is 7.82. The van der Waals surface area contributed by atoms with E-state index in [0.717, 1.165) is 42.4 Å². The molecule has 0 spiro atoms.